The van der Waals surface area contributed by atoms with Crippen molar-refractivity contribution < 1.29 is 4.42 Å². The maximum Gasteiger partial charge on any atom is 0.164 e. The van der Waals surface area contributed by atoms with Crippen LogP contribution in [-0.2, 0) is 0 Å². The minimum atomic E-state index is 0.628. The normalized spacial score (nSPS) is 11.7. The van der Waals surface area contributed by atoms with Gasteiger partial charge in [0.15, 0.2) is 17.5 Å². The molecule has 12 aromatic rings. The average molecular weight is 767 g/mol. The van der Waals surface area contributed by atoms with Crippen molar-refractivity contribution in [1.82, 2.24) is 19.5 Å². The zero-order valence-electron chi connectivity index (χ0n) is 32.3. The van der Waals surface area contributed by atoms with Crippen LogP contribution in [0.3, 0.4) is 0 Å². The van der Waals surface area contributed by atoms with E-state index in [4.69, 9.17) is 19.4 Å². The Balaban J connectivity index is 1.02. The molecular weight excluding hydrogens is 733 g/mol. The smallest absolute Gasteiger partial charge is 0.164 e. The molecule has 5 nitrogen and oxygen atoms in total. The monoisotopic (exact) mass is 766 g/mol. The number of fused-ring (bicyclic) bond motifs is 8. The van der Waals surface area contributed by atoms with Gasteiger partial charge < -0.3 is 8.98 Å². The van der Waals surface area contributed by atoms with Crippen molar-refractivity contribution in [2.24, 2.45) is 0 Å². The van der Waals surface area contributed by atoms with Gasteiger partial charge in [0.05, 0.1) is 22.1 Å². The highest BCUT2D eigenvalue weighted by Gasteiger charge is 2.21. The molecule has 12 rings (SSSR count). The van der Waals surface area contributed by atoms with Gasteiger partial charge in [-0.2, -0.15) is 0 Å². The van der Waals surface area contributed by atoms with Crippen LogP contribution < -0.4 is 0 Å². The second-order valence-electron chi connectivity index (χ2n) is 15.2. The first-order valence-electron chi connectivity index (χ1n) is 20.2. The molecular formula is C55H34N4O. The first-order chi connectivity index (χ1) is 29.7. The third kappa shape index (κ3) is 5.52. The van der Waals surface area contributed by atoms with Gasteiger partial charge in [-0.3, -0.25) is 0 Å². The molecule has 0 amide bonds. The molecule has 0 atom stereocenters. The fraction of sp³-hybridized carbons (Fsp3) is 0. The fourth-order valence-corrected chi connectivity index (χ4v) is 8.88. The first-order valence-corrected chi connectivity index (χ1v) is 20.2. The predicted molar refractivity (Wildman–Crippen MR) is 246 cm³/mol. The molecule has 0 saturated carbocycles. The summed E-state index contributed by atoms with van der Waals surface area (Å²) >= 11 is 0. The fourth-order valence-electron chi connectivity index (χ4n) is 8.88. The van der Waals surface area contributed by atoms with Gasteiger partial charge in [0.1, 0.15) is 11.2 Å². The predicted octanol–water partition coefficient (Wildman–Crippen LogP) is 14.4. The van der Waals surface area contributed by atoms with E-state index < -0.39 is 0 Å². The maximum atomic E-state index is 6.81. The van der Waals surface area contributed by atoms with E-state index in [0.29, 0.717) is 17.5 Å². The van der Waals surface area contributed by atoms with E-state index in [-0.39, 0.29) is 0 Å². The standard InChI is InChI=1S/C55H34N4O/c1-3-16-35(17-4-1)53-56-54(36-18-5-2-6-19-36)58-55(57-53)40-23-14-21-38(33-40)37-20-13-22-39(32-37)45-34-46-51-49(30-15-31-50(51)60-52(46)44-27-8-7-24-41(44)45)59-47-28-11-9-25-42(47)43-26-10-12-29-48(43)59/h1-34H. The number of nitrogens with zero attached hydrogens (tertiary/aromatic N) is 4. The summed E-state index contributed by atoms with van der Waals surface area (Å²) in [6.07, 6.45) is 0. The van der Waals surface area contributed by atoms with E-state index in [1.165, 1.54) is 21.8 Å². The Hall–Kier alpha value is -8.15. The molecule has 5 heteroatoms. The molecule has 0 fully saturated rings. The van der Waals surface area contributed by atoms with Crippen molar-refractivity contribution in [1.29, 1.82) is 0 Å². The van der Waals surface area contributed by atoms with Gasteiger partial charge in [-0.15, -0.1) is 0 Å². The van der Waals surface area contributed by atoms with Crippen LogP contribution in [0.25, 0.3) is 117 Å². The molecule has 0 bridgehead atoms. The van der Waals surface area contributed by atoms with Crippen LogP contribution in [0.4, 0.5) is 0 Å². The lowest BCUT2D eigenvalue weighted by molar-refractivity contribution is 0.672. The maximum absolute atomic E-state index is 6.81. The van der Waals surface area contributed by atoms with Crippen LogP contribution in [-0.4, -0.2) is 19.5 Å². The first kappa shape index (κ1) is 33.9. The zero-order valence-corrected chi connectivity index (χ0v) is 32.3. The van der Waals surface area contributed by atoms with E-state index in [9.17, 15) is 0 Å². The third-order valence-corrected chi connectivity index (χ3v) is 11.6. The number of hydrogen-bond acceptors (Lipinski definition) is 4. The summed E-state index contributed by atoms with van der Waals surface area (Å²) in [4.78, 5) is 14.9. The highest BCUT2D eigenvalue weighted by molar-refractivity contribution is 6.22. The number of furan rings is 1. The average Bonchev–Trinajstić information content (AvgIpc) is 3.88. The molecule has 0 aliphatic carbocycles. The number of aromatic nitrogens is 4. The Morgan fingerprint density at radius 2 is 0.800 bits per heavy atom. The Morgan fingerprint density at radius 1 is 0.333 bits per heavy atom. The van der Waals surface area contributed by atoms with E-state index in [0.717, 1.165) is 77.3 Å². The summed E-state index contributed by atoms with van der Waals surface area (Å²) in [6, 6.07) is 72.2. The van der Waals surface area contributed by atoms with Gasteiger partial charge in [0.25, 0.3) is 0 Å². The molecule has 60 heavy (non-hydrogen) atoms. The molecule has 3 heterocycles. The molecule has 0 aliphatic rings. The number of hydrogen-bond donors (Lipinski definition) is 0. The molecule has 9 aromatic carbocycles. The largest absolute Gasteiger partial charge is 0.455 e. The summed E-state index contributed by atoms with van der Waals surface area (Å²) < 4.78 is 9.20. The Morgan fingerprint density at radius 3 is 1.43 bits per heavy atom. The van der Waals surface area contributed by atoms with Crippen LogP contribution in [0.15, 0.2) is 211 Å². The second-order valence-corrected chi connectivity index (χ2v) is 15.2. The summed E-state index contributed by atoms with van der Waals surface area (Å²) in [5, 5.41) is 6.86. The SMILES string of the molecule is c1ccc(-c2nc(-c3ccccc3)nc(-c3cccc(-c4cccc(-c5cc6c(oc7cccc(-n8c9ccccc9c9ccccc98)c76)c6ccccc56)c4)c3)n2)cc1. The minimum absolute atomic E-state index is 0.628. The van der Waals surface area contributed by atoms with Gasteiger partial charge in [0.2, 0.25) is 0 Å². The molecule has 0 unspecified atom stereocenters. The molecule has 3 aromatic heterocycles. The van der Waals surface area contributed by atoms with Crippen molar-refractivity contribution in [3.05, 3.63) is 206 Å². The second kappa shape index (κ2) is 13.8. The lowest BCUT2D eigenvalue weighted by Crippen LogP contribution is -2.00. The van der Waals surface area contributed by atoms with E-state index in [2.05, 4.69) is 150 Å². The van der Waals surface area contributed by atoms with Crippen LogP contribution in [0.2, 0.25) is 0 Å². The van der Waals surface area contributed by atoms with Crippen molar-refractivity contribution in [3.8, 4) is 62.1 Å². The van der Waals surface area contributed by atoms with Crippen molar-refractivity contribution in [2.75, 3.05) is 0 Å². The molecule has 0 spiro atoms. The van der Waals surface area contributed by atoms with Gasteiger partial charge >= 0.3 is 0 Å². The van der Waals surface area contributed by atoms with Crippen LogP contribution in [0.5, 0.6) is 0 Å². The topological polar surface area (TPSA) is 56.7 Å². The zero-order chi connectivity index (χ0) is 39.6. The van der Waals surface area contributed by atoms with Gasteiger partial charge in [-0.05, 0) is 70.1 Å². The molecule has 280 valence electrons. The molecule has 0 aliphatic heterocycles. The molecule has 0 radical (unpaired) electrons. The number of rotatable bonds is 6. The van der Waals surface area contributed by atoms with Crippen LogP contribution in [0, 0.1) is 0 Å². The Bertz CT molecular complexity index is 3490. The highest BCUT2D eigenvalue weighted by Crippen LogP contribution is 2.44. The summed E-state index contributed by atoms with van der Waals surface area (Å²) in [6.45, 7) is 0. The van der Waals surface area contributed by atoms with Crippen molar-refractivity contribution in [2.45, 2.75) is 0 Å². The van der Waals surface area contributed by atoms with Gasteiger partial charge in [-0.1, -0.05) is 164 Å². The summed E-state index contributed by atoms with van der Waals surface area (Å²) in [7, 11) is 0. The lowest BCUT2D eigenvalue weighted by Gasteiger charge is -2.12. The van der Waals surface area contributed by atoms with E-state index in [1.807, 2.05) is 60.7 Å². The quantitative estimate of drug-likeness (QED) is 0.169. The van der Waals surface area contributed by atoms with Gasteiger partial charge in [-0.25, -0.2) is 15.0 Å². The third-order valence-electron chi connectivity index (χ3n) is 11.6. The lowest BCUT2D eigenvalue weighted by atomic mass is 9.93. The minimum Gasteiger partial charge on any atom is -0.455 e. The number of para-hydroxylation sites is 2. The molecule has 0 N–H and O–H groups in total. The van der Waals surface area contributed by atoms with Crippen LogP contribution in [0.1, 0.15) is 0 Å². The number of benzene rings is 9. The molecule has 0 saturated heterocycles. The van der Waals surface area contributed by atoms with Crippen molar-refractivity contribution >= 4 is 54.5 Å². The summed E-state index contributed by atoms with van der Waals surface area (Å²) in [5.74, 6) is 1.91. The Kier molecular flexibility index (Phi) is 7.78. The van der Waals surface area contributed by atoms with Crippen LogP contribution >= 0.6 is 0 Å². The van der Waals surface area contributed by atoms with E-state index >= 15 is 0 Å². The highest BCUT2D eigenvalue weighted by atomic mass is 16.3. The summed E-state index contributed by atoms with van der Waals surface area (Å²) in [5.41, 5.74) is 12.4. The van der Waals surface area contributed by atoms with Crippen molar-refractivity contribution in [3.63, 3.8) is 0 Å². The Labute approximate surface area is 345 Å². The van der Waals surface area contributed by atoms with E-state index in [1.54, 1.807) is 0 Å². The van der Waals surface area contributed by atoms with Gasteiger partial charge in [0, 0.05) is 38.2 Å².